The molecule has 1 aliphatic carbocycles. The quantitative estimate of drug-likeness (QED) is 0.506. The van der Waals surface area contributed by atoms with Crippen LogP contribution in [-0.2, 0) is 17.9 Å². The number of guanidine groups is 1. The molecule has 1 atom stereocenters. The van der Waals surface area contributed by atoms with E-state index in [1.165, 1.54) is 12.8 Å². The van der Waals surface area contributed by atoms with E-state index in [1.807, 2.05) is 12.1 Å². The number of rotatable bonds is 9. The van der Waals surface area contributed by atoms with E-state index in [0.29, 0.717) is 18.2 Å². The Morgan fingerprint density at radius 2 is 1.85 bits per heavy atom. The van der Waals surface area contributed by atoms with Crippen LogP contribution in [0.1, 0.15) is 30.9 Å². The molecule has 0 aliphatic heterocycles. The molecule has 1 saturated carbocycles. The van der Waals surface area contributed by atoms with Gasteiger partial charge in [0.15, 0.2) is 5.96 Å². The van der Waals surface area contributed by atoms with Gasteiger partial charge in [0.1, 0.15) is 6.61 Å². The number of aliphatic imine (C=N–C) groups is 1. The van der Waals surface area contributed by atoms with Gasteiger partial charge in [0.2, 0.25) is 0 Å². The van der Waals surface area contributed by atoms with Gasteiger partial charge in [0.05, 0.1) is 6.61 Å². The van der Waals surface area contributed by atoms with E-state index in [0.717, 1.165) is 24.1 Å². The van der Waals surface area contributed by atoms with Gasteiger partial charge in [0.25, 0.3) is 0 Å². The average molecular weight is 386 g/mol. The van der Waals surface area contributed by atoms with Crippen molar-refractivity contribution in [3.05, 3.63) is 35.4 Å². The van der Waals surface area contributed by atoms with E-state index in [9.17, 15) is 13.2 Å². The summed E-state index contributed by atoms with van der Waals surface area (Å²) >= 11 is 0. The van der Waals surface area contributed by atoms with Gasteiger partial charge in [-0.25, -0.2) is 0 Å². The number of benzene rings is 1. The lowest BCUT2D eigenvalue weighted by Gasteiger charge is -2.25. The van der Waals surface area contributed by atoms with E-state index in [1.54, 1.807) is 19.2 Å². The lowest BCUT2D eigenvalue weighted by Crippen LogP contribution is -2.45. The number of alkyl halides is 3. The lowest BCUT2D eigenvalue weighted by molar-refractivity contribution is -0.176. The third-order valence-corrected chi connectivity index (χ3v) is 4.62. The fourth-order valence-electron chi connectivity index (χ4n) is 2.67. The molecule has 0 aromatic heterocycles. The fourth-order valence-corrected chi connectivity index (χ4v) is 2.67. The summed E-state index contributed by atoms with van der Waals surface area (Å²) < 4.78 is 40.9. The lowest BCUT2D eigenvalue weighted by atomic mass is 10.1. The molecular weight excluding hydrogens is 357 g/mol. The molecule has 8 heteroatoms. The Bertz CT molecular complexity index is 600. The van der Waals surface area contributed by atoms with E-state index in [4.69, 9.17) is 0 Å². The Labute approximate surface area is 159 Å². The van der Waals surface area contributed by atoms with Gasteiger partial charge in [-0.1, -0.05) is 24.3 Å². The third-order valence-electron chi connectivity index (χ3n) is 4.62. The van der Waals surface area contributed by atoms with Gasteiger partial charge in [-0.3, -0.25) is 9.89 Å². The molecule has 0 bridgehead atoms. The second-order valence-electron chi connectivity index (χ2n) is 6.98. The van der Waals surface area contributed by atoms with Crippen molar-refractivity contribution < 1.29 is 17.9 Å². The highest BCUT2D eigenvalue weighted by Crippen LogP contribution is 2.26. The largest absolute Gasteiger partial charge is 0.411 e. The Morgan fingerprint density at radius 1 is 1.22 bits per heavy atom. The number of halogens is 3. The second kappa shape index (κ2) is 9.94. The SMILES string of the molecule is CN=C(NCc1ccc(COCC(F)(F)F)cc1)NCC(C)N(C)C1CC1. The summed E-state index contributed by atoms with van der Waals surface area (Å²) in [5.41, 5.74) is 1.73. The van der Waals surface area contributed by atoms with Crippen LogP contribution in [0.4, 0.5) is 13.2 Å². The summed E-state index contributed by atoms with van der Waals surface area (Å²) in [6.45, 7) is 2.30. The Morgan fingerprint density at radius 3 is 2.41 bits per heavy atom. The van der Waals surface area contributed by atoms with Crippen LogP contribution in [0, 0.1) is 0 Å². The Balaban J connectivity index is 1.70. The third kappa shape index (κ3) is 8.17. The summed E-state index contributed by atoms with van der Waals surface area (Å²) in [6.07, 6.45) is -1.73. The number of nitrogens with zero attached hydrogens (tertiary/aromatic N) is 2. The molecule has 0 saturated heterocycles. The number of likely N-dealkylation sites (N-methyl/N-ethyl adjacent to an activating group) is 1. The van der Waals surface area contributed by atoms with Crippen molar-refractivity contribution in [1.82, 2.24) is 15.5 Å². The van der Waals surface area contributed by atoms with Crippen LogP contribution < -0.4 is 10.6 Å². The van der Waals surface area contributed by atoms with Crippen LogP contribution >= 0.6 is 0 Å². The minimum Gasteiger partial charge on any atom is -0.367 e. The fraction of sp³-hybridized carbons (Fsp3) is 0.632. The molecule has 1 aromatic carbocycles. The van der Waals surface area contributed by atoms with Gasteiger partial charge < -0.3 is 15.4 Å². The van der Waals surface area contributed by atoms with Gasteiger partial charge in [0, 0.05) is 32.2 Å². The van der Waals surface area contributed by atoms with Crippen LogP contribution in [0.2, 0.25) is 0 Å². The first-order chi connectivity index (χ1) is 12.8. The Hall–Kier alpha value is -1.80. The van der Waals surface area contributed by atoms with Crippen LogP contribution in [0.5, 0.6) is 0 Å². The number of nitrogens with one attached hydrogen (secondary N) is 2. The average Bonchev–Trinajstić information content (AvgIpc) is 3.46. The monoisotopic (exact) mass is 386 g/mol. The molecule has 2 rings (SSSR count). The van der Waals surface area contributed by atoms with Crippen molar-refractivity contribution in [2.45, 2.75) is 51.2 Å². The maximum atomic E-state index is 12.1. The van der Waals surface area contributed by atoms with Crippen molar-refractivity contribution in [3.63, 3.8) is 0 Å². The first kappa shape index (κ1) is 21.5. The summed E-state index contributed by atoms with van der Waals surface area (Å²) in [7, 11) is 3.88. The zero-order valence-corrected chi connectivity index (χ0v) is 16.1. The van der Waals surface area contributed by atoms with Gasteiger partial charge >= 0.3 is 6.18 Å². The second-order valence-corrected chi connectivity index (χ2v) is 6.98. The molecule has 27 heavy (non-hydrogen) atoms. The van der Waals surface area contributed by atoms with Crippen molar-refractivity contribution >= 4 is 5.96 Å². The first-order valence-electron chi connectivity index (χ1n) is 9.17. The highest BCUT2D eigenvalue weighted by atomic mass is 19.4. The van der Waals surface area contributed by atoms with Crippen molar-refractivity contribution in [2.75, 3.05) is 27.2 Å². The van der Waals surface area contributed by atoms with E-state index in [-0.39, 0.29) is 6.61 Å². The van der Waals surface area contributed by atoms with Crippen LogP contribution in [0.25, 0.3) is 0 Å². The van der Waals surface area contributed by atoms with Crippen molar-refractivity contribution in [1.29, 1.82) is 0 Å². The molecule has 0 spiro atoms. The zero-order chi connectivity index (χ0) is 19.9. The molecular formula is C19H29F3N4O. The predicted octanol–water partition coefficient (Wildman–Crippen LogP) is 2.91. The van der Waals surface area contributed by atoms with Gasteiger partial charge in [-0.15, -0.1) is 0 Å². The summed E-state index contributed by atoms with van der Waals surface area (Å²) in [5.74, 6) is 0.726. The Kier molecular flexibility index (Phi) is 7.91. The maximum absolute atomic E-state index is 12.1. The zero-order valence-electron chi connectivity index (χ0n) is 16.1. The van der Waals surface area contributed by atoms with E-state index >= 15 is 0 Å². The number of hydrogen-bond donors (Lipinski definition) is 2. The smallest absolute Gasteiger partial charge is 0.367 e. The molecule has 2 N–H and O–H groups in total. The topological polar surface area (TPSA) is 48.9 Å². The maximum Gasteiger partial charge on any atom is 0.411 e. The van der Waals surface area contributed by atoms with Gasteiger partial charge in [-0.2, -0.15) is 13.2 Å². The molecule has 1 unspecified atom stereocenters. The van der Waals surface area contributed by atoms with E-state index < -0.39 is 12.8 Å². The highest BCUT2D eigenvalue weighted by molar-refractivity contribution is 5.79. The van der Waals surface area contributed by atoms with Crippen molar-refractivity contribution in [3.8, 4) is 0 Å². The van der Waals surface area contributed by atoms with Gasteiger partial charge in [-0.05, 0) is 37.9 Å². The minimum absolute atomic E-state index is 0.0527. The molecule has 0 amide bonds. The predicted molar refractivity (Wildman–Crippen MR) is 101 cm³/mol. The number of hydrogen-bond acceptors (Lipinski definition) is 3. The molecule has 0 heterocycles. The molecule has 1 aromatic rings. The minimum atomic E-state index is -4.29. The van der Waals surface area contributed by atoms with Crippen LogP contribution in [-0.4, -0.2) is 56.4 Å². The molecule has 0 radical (unpaired) electrons. The first-order valence-corrected chi connectivity index (χ1v) is 9.17. The number of ether oxygens (including phenoxy) is 1. The van der Waals surface area contributed by atoms with E-state index in [2.05, 4.69) is 39.2 Å². The highest BCUT2D eigenvalue weighted by Gasteiger charge is 2.29. The molecule has 152 valence electrons. The molecule has 5 nitrogen and oxygen atoms in total. The normalized spacial score (nSPS) is 16.5. The standard InChI is InChI=1S/C19H29F3N4O/c1-14(26(3)17-8-9-17)10-24-18(23-2)25-11-15-4-6-16(7-5-15)12-27-13-19(20,21)22/h4-7,14,17H,8-13H2,1-3H3,(H2,23,24,25). The van der Waals surface area contributed by atoms with Crippen molar-refractivity contribution in [2.24, 2.45) is 4.99 Å². The van der Waals surface area contributed by atoms with Crippen LogP contribution in [0.15, 0.2) is 29.3 Å². The summed E-state index contributed by atoms with van der Waals surface area (Å²) in [5, 5.41) is 6.57. The summed E-state index contributed by atoms with van der Waals surface area (Å²) in [6, 6.07) is 8.43. The molecule has 1 aliphatic rings. The molecule has 1 fully saturated rings. The summed E-state index contributed by atoms with van der Waals surface area (Å²) in [4.78, 5) is 6.61. The van der Waals surface area contributed by atoms with Crippen LogP contribution in [0.3, 0.4) is 0 Å².